The summed E-state index contributed by atoms with van der Waals surface area (Å²) in [6, 6.07) is 0. The Bertz CT molecular complexity index is 427. The molecule has 3 rings (SSSR count). The van der Waals surface area contributed by atoms with Crippen LogP contribution in [0.2, 0.25) is 0 Å². The van der Waals surface area contributed by atoms with Gasteiger partial charge in [0.2, 0.25) is 0 Å². The first-order chi connectivity index (χ1) is 8.86. The molecule has 4 heteroatoms. The summed E-state index contributed by atoms with van der Waals surface area (Å²) < 4.78 is 5.77. The average molecular weight is 247 g/mol. The standard InChI is InChI=1S/C14H21N3O/c1-15-14-11-6-4-7-12(11)16-13(17-14)9-10-5-2-3-8-18-10/h10H,2-9H2,1H3,(H,15,16,17). The van der Waals surface area contributed by atoms with E-state index in [-0.39, 0.29) is 0 Å². The highest BCUT2D eigenvalue weighted by Crippen LogP contribution is 2.26. The molecule has 2 aliphatic rings. The van der Waals surface area contributed by atoms with Crippen LogP contribution in [-0.2, 0) is 24.0 Å². The fraction of sp³-hybridized carbons (Fsp3) is 0.714. The molecular weight excluding hydrogens is 226 g/mol. The van der Waals surface area contributed by atoms with Gasteiger partial charge in [0.25, 0.3) is 0 Å². The number of aromatic nitrogens is 2. The molecular formula is C14H21N3O. The van der Waals surface area contributed by atoms with Crippen LogP contribution in [0.15, 0.2) is 0 Å². The minimum atomic E-state index is 0.322. The second kappa shape index (κ2) is 5.22. The summed E-state index contributed by atoms with van der Waals surface area (Å²) in [5.74, 6) is 1.98. The number of hydrogen-bond donors (Lipinski definition) is 1. The number of fused-ring (bicyclic) bond motifs is 1. The molecule has 1 saturated heterocycles. The molecule has 0 radical (unpaired) electrons. The van der Waals surface area contributed by atoms with E-state index < -0.39 is 0 Å². The van der Waals surface area contributed by atoms with E-state index in [1.807, 2.05) is 7.05 Å². The first kappa shape index (κ1) is 11.9. The molecule has 0 saturated carbocycles. The van der Waals surface area contributed by atoms with Gasteiger partial charge in [0.05, 0.1) is 6.10 Å². The summed E-state index contributed by atoms with van der Waals surface area (Å²) in [6.45, 7) is 0.897. The summed E-state index contributed by atoms with van der Waals surface area (Å²) in [5, 5.41) is 3.21. The van der Waals surface area contributed by atoms with Crippen LogP contribution in [0.5, 0.6) is 0 Å². The highest BCUT2D eigenvalue weighted by Gasteiger charge is 2.21. The normalized spacial score (nSPS) is 22.8. The van der Waals surface area contributed by atoms with Crippen LogP contribution in [0.4, 0.5) is 5.82 Å². The first-order valence-electron chi connectivity index (χ1n) is 7.05. The van der Waals surface area contributed by atoms with E-state index in [0.29, 0.717) is 6.10 Å². The first-order valence-corrected chi connectivity index (χ1v) is 7.05. The van der Waals surface area contributed by atoms with Crippen molar-refractivity contribution in [2.75, 3.05) is 19.0 Å². The second-order valence-electron chi connectivity index (χ2n) is 5.21. The quantitative estimate of drug-likeness (QED) is 0.888. The van der Waals surface area contributed by atoms with Gasteiger partial charge in [0.1, 0.15) is 11.6 Å². The van der Waals surface area contributed by atoms with Crippen molar-refractivity contribution >= 4 is 5.82 Å². The molecule has 1 aliphatic carbocycles. The Morgan fingerprint density at radius 1 is 1.22 bits per heavy atom. The number of rotatable bonds is 3. The van der Waals surface area contributed by atoms with Crippen LogP contribution < -0.4 is 5.32 Å². The molecule has 1 N–H and O–H groups in total. The van der Waals surface area contributed by atoms with Crippen molar-refractivity contribution in [3.8, 4) is 0 Å². The zero-order valence-corrected chi connectivity index (χ0v) is 11.0. The number of nitrogens with one attached hydrogen (secondary N) is 1. The highest BCUT2D eigenvalue weighted by atomic mass is 16.5. The van der Waals surface area contributed by atoms with Crippen molar-refractivity contribution < 1.29 is 4.74 Å². The van der Waals surface area contributed by atoms with Crippen molar-refractivity contribution in [3.05, 3.63) is 17.1 Å². The number of hydrogen-bond acceptors (Lipinski definition) is 4. The van der Waals surface area contributed by atoms with Crippen molar-refractivity contribution in [2.45, 2.75) is 51.0 Å². The molecule has 1 aromatic heterocycles. The Morgan fingerprint density at radius 3 is 2.94 bits per heavy atom. The number of anilines is 1. The topological polar surface area (TPSA) is 47.0 Å². The van der Waals surface area contributed by atoms with Gasteiger partial charge >= 0.3 is 0 Å². The third-order valence-corrected chi connectivity index (χ3v) is 3.90. The Hall–Kier alpha value is -1.16. The molecule has 0 bridgehead atoms. The molecule has 1 fully saturated rings. The van der Waals surface area contributed by atoms with Crippen LogP contribution in [0.1, 0.15) is 42.8 Å². The predicted octanol–water partition coefficient (Wildman–Crippen LogP) is 2.12. The molecule has 98 valence electrons. The van der Waals surface area contributed by atoms with E-state index in [2.05, 4.69) is 10.3 Å². The van der Waals surface area contributed by atoms with E-state index in [9.17, 15) is 0 Å². The molecule has 1 aromatic rings. The maximum Gasteiger partial charge on any atom is 0.133 e. The lowest BCUT2D eigenvalue weighted by atomic mass is 10.1. The Balaban J connectivity index is 1.79. The molecule has 0 amide bonds. The third-order valence-electron chi connectivity index (χ3n) is 3.90. The molecule has 18 heavy (non-hydrogen) atoms. The lowest BCUT2D eigenvalue weighted by molar-refractivity contribution is 0.0156. The molecule has 0 spiro atoms. The fourth-order valence-corrected chi connectivity index (χ4v) is 2.95. The van der Waals surface area contributed by atoms with Crippen LogP contribution in [-0.4, -0.2) is 29.7 Å². The molecule has 1 atom stereocenters. The second-order valence-corrected chi connectivity index (χ2v) is 5.21. The zero-order chi connectivity index (χ0) is 12.4. The van der Waals surface area contributed by atoms with E-state index in [1.165, 1.54) is 30.5 Å². The minimum absolute atomic E-state index is 0.322. The monoisotopic (exact) mass is 247 g/mol. The Kier molecular flexibility index (Phi) is 3.46. The van der Waals surface area contributed by atoms with Gasteiger partial charge in [0.15, 0.2) is 0 Å². The smallest absolute Gasteiger partial charge is 0.133 e. The van der Waals surface area contributed by atoms with Crippen molar-refractivity contribution in [3.63, 3.8) is 0 Å². The lowest BCUT2D eigenvalue weighted by Crippen LogP contribution is -2.23. The van der Waals surface area contributed by atoms with E-state index in [4.69, 9.17) is 9.72 Å². The lowest BCUT2D eigenvalue weighted by Gasteiger charge is -2.22. The van der Waals surface area contributed by atoms with Gasteiger partial charge in [0, 0.05) is 31.3 Å². The Labute approximate surface area is 108 Å². The van der Waals surface area contributed by atoms with Gasteiger partial charge in [-0.3, -0.25) is 0 Å². The molecule has 4 nitrogen and oxygen atoms in total. The highest BCUT2D eigenvalue weighted by molar-refractivity contribution is 5.48. The Morgan fingerprint density at radius 2 is 2.17 bits per heavy atom. The van der Waals surface area contributed by atoms with Crippen molar-refractivity contribution in [1.29, 1.82) is 0 Å². The van der Waals surface area contributed by atoms with E-state index in [1.54, 1.807) is 0 Å². The fourth-order valence-electron chi connectivity index (χ4n) is 2.95. The molecule has 2 heterocycles. The largest absolute Gasteiger partial charge is 0.378 e. The maximum absolute atomic E-state index is 5.77. The zero-order valence-electron chi connectivity index (χ0n) is 11.0. The van der Waals surface area contributed by atoms with Gasteiger partial charge in [-0.15, -0.1) is 0 Å². The van der Waals surface area contributed by atoms with E-state index in [0.717, 1.165) is 43.9 Å². The van der Waals surface area contributed by atoms with Crippen LogP contribution in [0.25, 0.3) is 0 Å². The molecule has 1 aliphatic heterocycles. The van der Waals surface area contributed by atoms with Crippen LogP contribution >= 0.6 is 0 Å². The minimum Gasteiger partial charge on any atom is -0.378 e. The third kappa shape index (κ3) is 2.34. The predicted molar refractivity (Wildman–Crippen MR) is 70.9 cm³/mol. The van der Waals surface area contributed by atoms with Gasteiger partial charge in [-0.25, -0.2) is 9.97 Å². The maximum atomic E-state index is 5.77. The van der Waals surface area contributed by atoms with Gasteiger partial charge < -0.3 is 10.1 Å². The summed E-state index contributed by atoms with van der Waals surface area (Å²) >= 11 is 0. The van der Waals surface area contributed by atoms with Crippen molar-refractivity contribution in [2.24, 2.45) is 0 Å². The number of nitrogens with zero attached hydrogens (tertiary/aromatic N) is 2. The van der Waals surface area contributed by atoms with Gasteiger partial charge in [-0.05, 0) is 38.5 Å². The van der Waals surface area contributed by atoms with Crippen molar-refractivity contribution in [1.82, 2.24) is 9.97 Å². The summed E-state index contributed by atoms with van der Waals surface area (Å²) in [5.41, 5.74) is 2.57. The molecule has 1 unspecified atom stereocenters. The average Bonchev–Trinajstić information content (AvgIpc) is 2.87. The summed E-state index contributed by atoms with van der Waals surface area (Å²) in [7, 11) is 1.95. The summed E-state index contributed by atoms with van der Waals surface area (Å²) in [4.78, 5) is 9.38. The van der Waals surface area contributed by atoms with Crippen LogP contribution in [0, 0.1) is 0 Å². The van der Waals surface area contributed by atoms with Crippen LogP contribution in [0.3, 0.4) is 0 Å². The number of ether oxygens (including phenoxy) is 1. The van der Waals surface area contributed by atoms with Gasteiger partial charge in [-0.1, -0.05) is 0 Å². The molecule has 0 aromatic carbocycles. The van der Waals surface area contributed by atoms with E-state index >= 15 is 0 Å². The summed E-state index contributed by atoms with van der Waals surface area (Å²) in [6.07, 6.45) is 8.23. The van der Waals surface area contributed by atoms with Gasteiger partial charge in [-0.2, -0.15) is 0 Å². The number of aryl methyl sites for hydroxylation is 1. The SMILES string of the molecule is CNc1nc(CC2CCCCO2)nc2c1CCC2.